The van der Waals surface area contributed by atoms with E-state index >= 15 is 0 Å². The SMILES string of the molecule is Cc1cc(C(=O)NP(=O)(O)O)c(C)n1-c1cc(S(=O)(=O)N2CCOCC2)ccc1N1CCCC1. The van der Waals surface area contributed by atoms with Gasteiger partial charge in [-0.25, -0.2) is 13.0 Å². The highest BCUT2D eigenvalue weighted by Crippen LogP contribution is 2.35. The van der Waals surface area contributed by atoms with Crippen molar-refractivity contribution in [2.75, 3.05) is 44.3 Å². The minimum atomic E-state index is -4.77. The number of hydrogen-bond acceptors (Lipinski definition) is 6. The van der Waals surface area contributed by atoms with Crippen LogP contribution in [-0.4, -0.2) is 72.4 Å². The first-order valence-electron chi connectivity index (χ1n) is 11.0. The zero-order valence-electron chi connectivity index (χ0n) is 19.1. The second kappa shape index (κ2) is 9.44. The fraction of sp³-hybridized carbons (Fsp3) is 0.476. The highest BCUT2D eigenvalue weighted by molar-refractivity contribution is 7.89. The summed E-state index contributed by atoms with van der Waals surface area (Å²) >= 11 is 0. The summed E-state index contributed by atoms with van der Waals surface area (Å²) in [6, 6.07) is 6.56. The molecule has 34 heavy (non-hydrogen) atoms. The van der Waals surface area contributed by atoms with Crippen LogP contribution in [0, 0.1) is 13.8 Å². The molecule has 1 aromatic heterocycles. The molecule has 186 valence electrons. The Balaban J connectivity index is 1.83. The average molecular weight is 513 g/mol. The average Bonchev–Trinajstić information content (AvgIpc) is 3.41. The molecule has 2 aromatic rings. The quantitative estimate of drug-likeness (QED) is 0.495. The lowest BCUT2D eigenvalue weighted by Crippen LogP contribution is -2.40. The fourth-order valence-corrected chi connectivity index (χ4v) is 6.37. The lowest BCUT2D eigenvalue weighted by atomic mass is 10.2. The van der Waals surface area contributed by atoms with E-state index in [1.54, 1.807) is 41.7 Å². The molecule has 0 bridgehead atoms. The van der Waals surface area contributed by atoms with Crippen molar-refractivity contribution in [1.82, 2.24) is 14.0 Å². The third kappa shape index (κ3) is 4.93. The van der Waals surface area contributed by atoms with Gasteiger partial charge in [-0.2, -0.15) is 4.31 Å². The van der Waals surface area contributed by atoms with Gasteiger partial charge in [0, 0.05) is 37.6 Å². The van der Waals surface area contributed by atoms with E-state index < -0.39 is 23.7 Å². The summed E-state index contributed by atoms with van der Waals surface area (Å²) in [5, 5.41) is 1.71. The van der Waals surface area contributed by atoms with Crippen LogP contribution < -0.4 is 9.99 Å². The largest absolute Gasteiger partial charge is 0.430 e. The molecule has 0 saturated carbocycles. The Labute approximate surface area is 198 Å². The summed E-state index contributed by atoms with van der Waals surface area (Å²) in [5.74, 6) is -0.896. The van der Waals surface area contributed by atoms with Crippen molar-refractivity contribution < 1.29 is 32.3 Å². The molecule has 13 heteroatoms. The number of aryl methyl sites for hydroxylation is 1. The van der Waals surface area contributed by atoms with Crippen molar-refractivity contribution in [3.05, 3.63) is 41.2 Å². The zero-order chi connectivity index (χ0) is 24.7. The second-order valence-electron chi connectivity index (χ2n) is 8.47. The summed E-state index contributed by atoms with van der Waals surface area (Å²) in [4.78, 5) is 33.1. The van der Waals surface area contributed by atoms with Gasteiger partial charge >= 0.3 is 7.75 Å². The molecule has 2 fully saturated rings. The van der Waals surface area contributed by atoms with Crippen molar-refractivity contribution in [2.45, 2.75) is 31.6 Å². The van der Waals surface area contributed by atoms with E-state index in [0.29, 0.717) is 30.3 Å². The Bertz CT molecular complexity index is 1240. The lowest BCUT2D eigenvalue weighted by Gasteiger charge is -2.28. The minimum absolute atomic E-state index is 0.106. The maximum atomic E-state index is 13.3. The molecule has 1 amide bonds. The first-order valence-corrected chi connectivity index (χ1v) is 14.1. The van der Waals surface area contributed by atoms with Crippen LogP contribution in [0.5, 0.6) is 0 Å². The Morgan fingerprint density at radius 1 is 1.03 bits per heavy atom. The van der Waals surface area contributed by atoms with Gasteiger partial charge < -0.3 is 24.0 Å². The molecule has 0 aliphatic carbocycles. The summed E-state index contributed by atoms with van der Waals surface area (Å²) < 4.78 is 46.4. The molecular formula is C21H29N4O7PS. The normalized spacial score (nSPS) is 17.8. The number of anilines is 1. The molecule has 0 atom stereocenters. The van der Waals surface area contributed by atoms with Crippen LogP contribution in [0.25, 0.3) is 5.69 Å². The predicted molar refractivity (Wildman–Crippen MR) is 126 cm³/mol. The monoisotopic (exact) mass is 512 g/mol. The molecule has 2 saturated heterocycles. The predicted octanol–water partition coefficient (Wildman–Crippen LogP) is 1.54. The molecule has 11 nitrogen and oxygen atoms in total. The molecule has 2 aliphatic rings. The number of nitrogens with one attached hydrogen (secondary N) is 1. The molecule has 3 heterocycles. The molecule has 0 radical (unpaired) electrons. The summed E-state index contributed by atoms with van der Waals surface area (Å²) in [5.41, 5.74) is 2.62. The Hall–Kier alpha value is -2.21. The standard InChI is InChI=1S/C21H29N4O7PS/c1-15-13-18(21(26)22-33(27,28)29)16(2)25(15)20-14-17(5-6-19(20)23-7-3-4-8-23)34(30,31)24-9-11-32-12-10-24/h5-6,13-14H,3-4,7-12H2,1-2H3,(H3,22,26,27,28,29). The van der Waals surface area contributed by atoms with Crippen molar-refractivity contribution in [2.24, 2.45) is 0 Å². The number of aromatic nitrogens is 1. The molecule has 1 aromatic carbocycles. The number of morpholine rings is 1. The number of hydrogen-bond donors (Lipinski definition) is 3. The van der Waals surface area contributed by atoms with Crippen molar-refractivity contribution in [3.8, 4) is 5.69 Å². The minimum Gasteiger partial charge on any atom is -0.379 e. The van der Waals surface area contributed by atoms with Gasteiger partial charge in [0.15, 0.2) is 0 Å². The van der Waals surface area contributed by atoms with Crippen LogP contribution in [0.4, 0.5) is 5.69 Å². The van der Waals surface area contributed by atoms with E-state index in [0.717, 1.165) is 31.6 Å². The summed E-state index contributed by atoms with van der Waals surface area (Å²) in [6.45, 7) is 6.31. The van der Waals surface area contributed by atoms with Crippen LogP contribution in [0.3, 0.4) is 0 Å². The molecule has 2 aliphatic heterocycles. The zero-order valence-corrected chi connectivity index (χ0v) is 20.8. The highest BCUT2D eigenvalue weighted by Gasteiger charge is 2.29. The highest BCUT2D eigenvalue weighted by atomic mass is 32.2. The van der Waals surface area contributed by atoms with E-state index in [1.165, 1.54) is 10.4 Å². The Morgan fingerprint density at radius 2 is 1.68 bits per heavy atom. The number of carbonyl (C=O) groups is 1. The first-order chi connectivity index (χ1) is 16.0. The van der Waals surface area contributed by atoms with Crippen LogP contribution >= 0.6 is 7.75 Å². The van der Waals surface area contributed by atoms with Gasteiger partial charge in [-0.1, -0.05) is 0 Å². The van der Waals surface area contributed by atoms with E-state index in [9.17, 15) is 17.8 Å². The van der Waals surface area contributed by atoms with Gasteiger partial charge in [0.2, 0.25) is 10.0 Å². The van der Waals surface area contributed by atoms with Crippen molar-refractivity contribution >= 4 is 29.4 Å². The molecule has 0 unspecified atom stereocenters. The smallest absolute Gasteiger partial charge is 0.379 e. The fourth-order valence-electron chi connectivity index (χ4n) is 4.56. The van der Waals surface area contributed by atoms with Gasteiger partial charge in [0.05, 0.1) is 35.0 Å². The third-order valence-electron chi connectivity index (χ3n) is 6.17. The van der Waals surface area contributed by atoms with Gasteiger partial charge in [-0.3, -0.25) is 9.88 Å². The van der Waals surface area contributed by atoms with Gasteiger partial charge in [0.25, 0.3) is 5.91 Å². The van der Waals surface area contributed by atoms with E-state index in [2.05, 4.69) is 4.90 Å². The molecule has 4 rings (SSSR count). The maximum Gasteiger partial charge on any atom is 0.430 e. The van der Waals surface area contributed by atoms with Gasteiger partial charge in [-0.05, 0) is 51.0 Å². The Kier molecular flexibility index (Phi) is 6.92. The summed E-state index contributed by atoms with van der Waals surface area (Å²) in [7, 11) is -8.52. The summed E-state index contributed by atoms with van der Waals surface area (Å²) in [6.07, 6.45) is 2.04. The maximum absolute atomic E-state index is 13.3. The third-order valence-corrected chi connectivity index (χ3v) is 8.55. The van der Waals surface area contributed by atoms with Crippen LogP contribution in [0.15, 0.2) is 29.2 Å². The van der Waals surface area contributed by atoms with E-state index in [4.69, 9.17) is 14.5 Å². The number of ether oxygens (including phenoxy) is 1. The topological polar surface area (TPSA) is 141 Å². The molecule has 0 spiro atoms. The van der Waals surface area contributed by atoms with Gasteiger partial charge in [-0.15, -0.1) is 0 Å². The molecule has 3 N–H and O–H groups in total. The van der Waals surface area contributed by atoms with Crippen LogP contribution in [0.2, 0.25) is 0 Å². The van der Waals surface area contributed by atoms with Crippen molar-refractivity contribution in [1.29, 1.82) is 0 Å². The number of nitrogens with zero attached hydrogens (tertiary/aromatic N) is 3. The van der Waals surface area contributed by atoms with Crippen LogP contribution in [-0.2, 0) is 19.3 Å². The number of carbonyl (C=O) groups excluding carboxylic acids is 1. The second-order valence-corrected chi connectivity index (χ2v) is 11.7. The Morgan fingerprint density at radius 3 is 2.29 bits per heavy atom. The van der Waals surface area contributed by atoms with Crippen molar-refractivity contribution in [3.63, 3.8) is 0 Å². The van der Waals surface area contributed by atoms with E-state index in [1.807, 2.05) is 0 Å². The number of sulfonamides is 1. The number of rotatable bonds is 6. The van der Waals surface area contributed by atoms with E-state index in [-0.39, 0.29) is 23.5 Å². The van der Waals surface area contributed by atoms with Gasteiger partial charge in [0.1, 0.15) is 0 Å². The van der Waals surface area contributed by atoms with Crippen LogP contribution in [0.1, 0.15) is 34.6 Å². The number of benzene rings is 1. The lowest BCUT2D eigenvalue weighted by molar-refractivity contribution is 0.0730. The molecular weight excluding hydrogens is 483 g/mol. The first kappa shape index (κ1) is 24.9. The number of amides is 1.